The maximum absolute atomic E-state index is 5.97. The summed E-state index contributed by atoms with van der Waals surface area (Å²) in [6.07, 6.45) is 1.88. The molecule has 20 heavy (non-hydrogen) atoms. The average Bonchev–Trinajstić information content (AvgIpc) is 2.83. The molecule has 108 valence electrons. The molecular formula is C15H19BrN2OS. The Balaban J connectivity index is 2.13. The number of benzene rings is 1. The molecule has 1 aromatic heterocycles. The molecule has 0 fully saturated rings. The van der Waals surface area contributed by atoms with Crippen LogP contribution >= 0.6 is 27.3 Å². The minimum Gasteiger partial charge on any atom is -0.488 e. The first-order valence-electron chi connectivity index (χ1n) is 6.67. The number of nitrogens with one attached hydrogen (secondary N) is 1. The quantitative estimate of drug-likeness (QED) is 0.831. The molecule has 0 spiro atoms. The van der Waals surface area contributed by atoms with E-state index in [0.29, 0.717) is 6.61 Å². The van der Waals surface area contributed by atoms with Gasteiger partial charge in [0, 0.05) is 22.3 Å². The molecule has 1 aromatic carbocycles. The molecule has 1 heterocycles. The van der Waals surface area contributed by atoms with Gasteiger partial charge < -0.3 is 10.1 Å². The molecule has 0 saturated heterocycles. The van der Waals surface area contributed by atoms with Gasteiger partial charge in [0.2, 0.25) is 0 Å². The lowest BCUT2D eigenvalue weighted by Crippen LogP contribution is -2.18. The van der Waals surface area contributed by atoms with Crippen molar-refractivity contribution in [3.8, 4) is 5.75 Å². The summed E-state index contributed by atoms with van der Waals surface area (Å²) in [6.45, 7) is 7.76. The minimum atomic E-state index is 0.260. The smallest absolute Gasteiger partial charge is 0.124 e. The Kier molecular flexibility index (Phi) is 5.57. The second-order valence-electron chi connectivity index (χ2n) is 4.60. The fourth-order valence-electron chi connectivity index (χ4n) is 2.03. The van der Waals surface area contributed by atoms with E-state index in [-0.39, 0.29) is 6.04 Å². The summed E-state index contributed by atoms with van der Waals surface area (Å²) < 4.78 is 7.04. The first kappa shape index (κ1) is 15.5. The van der Waals surface area contributed by atoms with E-state index in [1.54, 1.807) is 11.3 Å². The number of rotatable bonds is 6. The molecule has 1 atom stereocenters. The highest BCUT2D eigenvalue weighted by Gasteiger charge is 2.12. The highest BCUT2D eigenvalue weighted by molar-refractivity contribution is 9.10. The van der Waals surface area contributed by atoms with Crippen LogP contribution in [0.1, 0.15) is 35.3 Å². The van der Waals surface area contributed by atoms with Crippen LogP contribution in [0.25, 0.3) is 0 Å². The second-order valence-corrected chi connectivity index (χ2v) is 6.83. The Labute approximate surface area is 132 Å². The van der Waals surface area contributed by atoms with E-state index in [1.807, 2.05) is 25.3 Å². The Morgan fingerprint density at radius 1 is 1.45 bits per heavy atom. The van der Waals surface area contributed by atoms with Crippen molar-refractivity contribution in [2.24, 2.45) is 0 Å². The van der Waals surface area contributed by atoms with Crippen LogP contribution < -0.4 is 10.1 Å². The second kappa shape index (κ2) is 7.20. The Morgan fingerprint density at radius 2 is 2.25 bits per heavy atom. The number of thiazole rings is 1. The molecule has 2 rings (SSSR count). The summed E-state index contributed by atoms with van der Waals surface area (Å²) in [6, 6.07) is 6.40. The Bertz CT molecular complexity index is 571. The molecule has 0 radical (unpaired) electrons. The van der Waals surface area contributed by atoms with Gasteiger partial charge in [0.1, 0.15) is 12.4 Å². The van der Waals surface area contributed by atoms with Gasteiger partial charge in [-0.15, -0.1) is 11.3 Å². The van der Waals surface area contributed by atoms with Crippen LogP contribution in [0.2, 0.25) is 0 Å². The predicted molar refractivity (Wildman–Crippen MR) is 87.4 cm³/mol. The summed E-state index contributed by atoms with van der Waals surface area (Å²) in [5, 5.41) is 4.49. The molecule has 0 amide bonds. The number of hydrogen-bond acceptors (Lipinski definition) is 4. The zero-order valence-electron chi connectivity index (χ0n) is 11.9. The van der Waals surface area contributed by atoms with Gasteiger partial charge in [0.25, 0.3) is 0 Å². The van der Waals surface area contributed by atoms with Gasteiger partial charge in [-0.25, -0.2) is 4.98 Å². The van der Waals surface area contributed by atoms with Crippen LogP contribution in [-0.4, -0.2) is 11.5 Å². The predicted octanol–water partition coefficient (Wildman–Crippen LogP) is 4.46. The van der Waals surface area contributed by atoms with Gasteiger partial charge in [-0.1, -0.05) is 22.9 Å². The molecule has 0 aliphatic rings. The summed E-state index contributed by atoms with van der Waals surface area (Å²) in [5.74, 6) is 0.924. The molecule has 2 aromatic rings. The van der Waals surface area contributed by atoms with E-state index in [9.17, 15) is 0 Å². The van der Waals surface area contributed by atoms with Gasteiger partial charge in [0.15, 0.2) is 0 Å². The van der Waals surface area contributed by atoms with Gasteiger partial charge in [-0.3, -0.25) is 0 Å². The third kappa shape index (κ3) is 4.04. The summed E-state index contributed by atoms with van der Waals surface area (Å²) in [7, 11) is 0. The van der Waals surface area contributed by atoms with Gasteiger partial charge in [0.05, 0.1) is 9.88 Å². The van der Waals surface area contributed by atoms with Gasteiger partial charge in [-0.2, -0.15) is 0 Å². The van der Waals surface area contributed by atoms with Crippen molar-refractivity contribution >= 4 is 27.3 Å². The number of aromatic nitrogens is 1. The normalized spacial score (nSPS) is 12.4. The first-order chi connectivity index (χ1) is 9.60. The molecule has 0 aliphatic heterocycles. The Hall–Kier alpha value is -0.910. The van der Waals surface area contributed by atoms with E-state index in [0.717, 1.165) is 26.7 Å². The third-order valence-corrected chi connectivity index (χ3v) is 4.37. The largest absolute Gasteiger partial charge is 0.488 e. The monoisotopic (exact) mass is 354 g/mol. The highest BCUT2D eigenvalue weighted by atomic mass is 79.9. The molecule has 0 aliphatic carbocycles. The number of ether oxygens (including phenoxy) is 1. The van der Waals surface area contributed by atoms with Crippen LogP contribution in [0.5, 0.6) is 5.75 Å². The number of hydrogen-bond donors (Lipinski definition) is 1. The van der Waals surface area contributed by atoms with Crippen LogP contribution in [-0.2, 0) is 6.61 Å². The number of halogens is 1. The number of nitrogens with zero attached hydrogens (tertiary/aromatic N) is 1. The van der Waals surface area contributed by atoms with E-state index < -0.39 is 0 Å². The van der Waals surface area contributed by atoms with Crippen molar-refractivity contribution in [1.29, 1.82) is 0 Å². The lowest BCUT2D eigenvalue weighted by molar-refractivity contribution is 0.303. The van der Waals surface area contributed by atoms with Crippen LogP contribution in [0.4, 0.5) is 0 Å². The van der Waals surface area contributed by atoms with Crippen molar-refractivity contribution in [1.82, 2.24) is 10.3 Å². The Morgan fingerprint density at radius 3 is 2.90 bits per heavy atom. The van der Waals surface area contributed by atoms with Crippen molar-refractivity contribution < 1.29 is 4.74 Å². The van der Waals surface area contributed by atoms with E-state index in [4.69, 9.17) is 4.74 Å². The maximum atomic E-state index is 5.97. The fourth-order valence-corrected chi connectivity index (χ4v) is 3.11. The molecule has 0 bridgehead atoms. The van der Waals surface area contributed by atoms with E-state index in [2.05, 4.69) is 46.1 Å². The first-order valence-corrected chi connectivity index (χ1v) is 8.28. The van der Waals surface area contributed by atoms with Gasteiger partial charge >= 0.3 is 0 Å². The van der Waals surface area contributed by atoms with Crippen molar-refractivity contribution in [3.63, 3.8) is 0 Å². The van der Waals surface area contributed by atoms with Crippen molar-refractivity contribution in [2.45, 2.75) is 33.4 Å². The van der Waals surface area contributed by atoms with Crippen LogP contribution in [0.3, 0.4) is 0 Å². The van der Waals surface area contributed by atoms with Crippen LogP contribution in [0.15, 0.2) is 28.9 Å². The van der Waals surface area contributed by atoms with E-state index >= 15 is 0 Å². The van der Waals surface area contributed by atoms with Crippen LogP contribution in [0, 0.1) is 6.92 Å². The fraction of sp³-hybridized carbons (Fsp3) is 0.400. The summed E-state index contributed by atoms with van der Waals surface area (Å²) in [5.41, 5.74) is 1.17. The third-order valence-electron chi connectivity index (χ3n) is 2.99. The number of aryl methyl sites for hydroxylation is 1. The van der Waals surface area contributed by atoms with E-state index in [1.165, 1.54) is 5.56 Å². The molecule has 1 N–H and O–H groups in total. The molecule has 1 unspecified atom stereocenters. The average molecular weight is 355 g/mol. The maximum Gasteiger partial charge on any atom is 0.124 e. The standard InChI is InChI=1S/C15H19BrN2OS/c1-4-17-10(2)14-7-12(16)5-6-15(14)19-9-13-8-18-11(3)20-13/h5-8,10,17H,4,9H2,1-3H3. The molecule has 0 saturated carbocycles. The minimum absolute atomic E-state index is 0.260. The zero-order valence-corrected chi connectivity index (χ0v) is 14.3. The van der Waals surface area contributed by atoms with Crippen molar-refractivity contribution in [3.05, 3.63) is 44.3 Å². The lowest BCUT2D eigenvalue weighted by atomic mass is 10.1. The molecular weight excluding hydrogens is 336 g/mol. The SMILES string of the molecule is CCNC(C)c1cc(Br)ccc1OCc1cnc(C)s1. The highest BCUT2D eigenvalue weighted by Crippen LogP contribution is 2.29. The summed E-state index contributed by atoms with van der Waals surface area (Å²) >= 11 is 5.20. The van der Waals surface area contributed by atoms with Gasteiger partial charge in [-0.05, 0) is 38.6 Å². The molecule has 5 heteroatoms. The topological polar surface area (TPSA) is 34.1 Å². The van der Waals surface area contributed by atoms with Crippen molar-refractivity contribution in [2.75, 3.05) is 6.54 Å². The zero-order chi connectivity index (χ0) is 14.5. The summed E-state index contributed by atoms with van der Waals surface area (Å²) in [4.78, 5) is 5.39. The molecule has 3 nitrogen and oxygen atoms in total. The lowest BCUT2D eigenvalue weighted by Gasteiger charge is -2.18.